The fourth-order valence-electron chi connectivity index (χ4n) is 2.62. The number of carbonyl (C=O) groups excluding carboxylic acids is 2. The molecular formula is C15H28N2O4. The molecule has 0 heterocycles. The highest BCUT2D eigenvalue weighted by Crippen LogP contribution is 2.20. The van der Waals surface area contributed by atoms with Crippen LogP contribution in [-0.2, 0) is 9.78 Å². The third kappa shape index (κ3) is 7.78. The summed E-state index contributed by atoms with van der Waals surface area (Å²) < 4.78 is 0. The van der Waals surface area contributed by atoms with E-state index in [0.717, 1.165) is 38.5 Å². The van der Waals surface area contributed by atoms with Crippen molar-refractivity contribution >= 4 is 12.2 Å². The van der Waals surface area contributed by atoms with Crippen LogP contribution in [0.3, 0.4) is 0 Å². The predicted octanol–water partition coefficient (Wildman–Crippen LogP) is 3.51. The minimum atomic E-state index is -0.738. The summed E-state index contributed by atoms with van der Waals surface area (Å²) in [4.78, 5) is 31.9. The lowest BCUT2D eigenvalue weighted by Gasteiger charge is -2.23. The number of amides is 2. The monoisotopic (exact) mass is 300 g/mol. The van der Waals surface area contributed by atoms with Crippen LogP contribution in [0.15, 0.2) is 0 Å². The summed E-state index contributed by atoms with van der Waals surface area (Å²) >= 11 is 0. The molecule has 0 bridgehead atoms. The molecule has 0 saturated heterocycles. The summed E-state index contributed by atoms with van der Waals surface area (Å²) in [5, 5.41) is 5.30. The molecule has 122 valence electrons. The average molecular weight is 300 g/mol. The molecule has 6 heteroatoms. The molecule has 0 atom stereocenters. The fraction of sp³-hybridized carbons (Fsp3) is 0.867. The van der Waals surface area contributed by atoms with Crippen molar-refractivity contribution in [3.05, 3.63) is 0 Å². The second kappa shape index (κ2) is 8.74. The van der Waals surface area contributed by atoms with Crippen molar-refractivity contribution in [1.29, 1.82) is 0 Å². The third-order valence-electron chi connectivity index (χ3n) is 3.76. The van der Waals surface area contributed by atoms with E-state index in [9.17, 15) is 9.59 Å². The Labute approximate surface area is 126 Å². The Morgan fingerprint density at radius 3 is 2.33 bits per heavy atom. The molecule has 1 fully saturated rings. The summed E-state index contributed by atoms with van der Waals surface area (Å²) in [6.45, 7) is 6.70. The molecule has 0 aromatic heterocycles. The molecule has 2 N–H and O–H groups in total. The van der Waals surface area contributed by atoms with Crippen molar-refractivity contribution in [3.63, 3.8) is 0 Å². The number of hydrogen-bond donors (Lipinski definition) is 2. The first-order valence-corrected chi connectivity index (χ1v) is 7.86. The zero-order valence-corrected chi connectivity index (χ0v) is 13.4. The van der Waals surface area contributed by atoms with Gasteiger partial charge in [0.25, 0.3) is 0 Å². The van der Waals surface area contributed by atoms with E-state index in [4.69, 9.17) is 0 Å². The maximum atomic E-state index is 11.5. The predicted molar refractivity (Wildman–Crippen MR) is 79.7 cm³/mol. The van der Waals surface area contributed by atoms with Crippen LogP contribution >= 0.6 is 0 Å². The smallest absolute Gasteiger partial charge is 0.318 e. The number of carbonyl (C=O) groups is 2. The van der Waals surface area contributed by atoms with Crippen LogP contribution in [0.1, 0.15) is 65.7 Å². The molecule has 1 aliphatic rings. The molecule has 0 aliphatic heterocycles. The molecule has 0 aromatic carbocycles. The van der Waals surface area contributed by atoms with E-state index in [2.05, 4.69) is 41.2 Å². The largest absolute Gasteiger partial charge is 0.450 e. The molecule has 1 aliphatic carbocycles. The van der Waals surface area contributed by atoms with Crippen molar-refractivity contribution < 1.29 is 19.4 Å². The fourth-order valence-corrected chi connectivity index (χ4v) is 2.62. The summed E-state index contributed by atoms with van der Waals surface area (Å²) in [6.07, 6.45) is 5.93. The van der Waals surface area contributed by atoms with Crippen molar-refractivity contribution in [3.8, 4) is 0 Å². The quantitative estimate of drug-likeness (QED) is 0.601. The van der Waals surface area contributed by atoms with Gasteiger partial charge in [-0.2, -0.15) is 0 Å². The van der Waals surface area contributed by atoms with Crippen LogP contribution in [0.5, 0.6) is 0 Å². The highest BCUT2D eigenvalue weighted by Gasteiger charge is 2.20. The van der Waals surface area contributed by atoms with E-state index in [1.54, 1.807) is 0 Å². The van der Waals surface area contributed by atoms with E-state index in [-0.39, 0.29) is 11.5 Å². The molecular weight excluding hydrogens is 272 g/mol. The highest BCUT2D eigenvalue weighted by atomic mass is 17.2. The van der Waals surface area contributed by atoms with Crippen molar-refractivity contribution in [2.45, 2.75) is 71.8 Å². The molecule has 0 unspecified atom stereocenters. The van der Waals surface area contributed by atoms with E-state index < -0.39 is 12.2 Å². The van der Waals surface area contributed by atoms with E-state index in [1.807, 2.05) is 0 Å². The standard InChI is InChI=1S/C15H28N2O4/c1-4-10-15(2,3)11-16-13(18)20-21-14(19)17-12-8-6-5-7-9-12/h12H,4-11H2,1-3H3,(H,16,18)(H,17,19). The molecule has 1 saturated carbocycles. The zero-order valence-electron chi connectivity index (χ0n) is 13.4. The number of hydrogen-bond acceptors (Lipinski definition) is 4. The van der Waals surface area contributed by atoms with Gasteiger partial charge >= 0.3 is 12.2 Å². The van der Waals surface area contributed by atoms with E-state index >= 15 is 0 Å². The van der Waals surface area contributed by atoms with Gasteiger partial charge in [0, 0.05) is 12.6 Å². The van der Waals surface area contributed by atoms with Gasteiger partial charge in [-0.1, -0.05) is 46.5 Å². The second-order valence-electron chi connectivity index (χ2n) is 6.49. The van der Waals surface area contributed by atoms with Gasteiger partial charge in [-0.3, -0.25) is 0 Å². The van der Waals surface area contributed by atoms with Crippen LogP contribution in [0, 0.1) is 5.41 Å². The number of nitrogens with one attached hydrogen (secondary N) is 2. The second-order valence-corrected chi connectivity index (χ2v) is 6.49. The van der Waals surface area contributed by atoms with Crippen molar-refractivity contribution in [2.75, 3.05) is 6.54 Å². The lowest BCUT2D eigenvalue weighted by atomic mass is 9.88. The molecule has 6 nitrogen and oxygen atoms in total. The van der Waals surface area contributed by atoms with E-state index in [0.29, 0.717) is 6.54 Å². The maximum Gasteiger partial charge on any atom is 0.450 e. The first kappa shape index (κ1) is 17.6. The molecule has 0 aromatic rings. The Morgan fingerprint density at radius 1 is 1.10 bits per heavy atom. The molecule has 2 amide bonds. The lowest BCUT2D eigenvalue weighted by molar-refractivity contribution is -0.179. The van der Waals surface area contributed by atoms with Crippen LogP contribution in [-0.4, -0.2) is 24.8 Å². The van der Waals surface area contributed by atoms with Crippen molar-refractivity contribution in [1.82, 2.24) is 10.6 Å². The molecule has 1 rings (SSSR count). The Kier molecular flexibility index (Phi) is 7.32. The zero-order chi connectivity index (χ0) is 15.7. The third-order valence-corrected chi connectivity index (χ3v) is 3.76. The highest BCUT2D eigenvalue weighted by molar-refractivity contribution is 5.70. The Bertz CT molecular complexity index is 339. The van der Waals surface area contributed by atoms with Gasteiger partial charge in [0.15, 0.2) is 0 Å². The van der Waals surface area contributed by atoms with Gasteiger partial charge in [-0.05, 0) is 24.7 Å². The molecule has 0 radical (unpaired) electrons. The maximum absolute atomic E-state index is 11.5. The summed E-state index contributed by atoms with van der Waals surface area (Å²) in [5.74, 6) is 0. The van der Waals surface area contributed by atoms with Crippen molar-refractivity contribution in [2.24, 2.45) is 5.41 Å². The van der Waals surface area contributed by atoms with Gasteiger partial charge in [0.1, 0.15) is 0 Å². The number of rotatable bonds is 5. The summed E-state index contributed by atoms with van der Waals surface area (Å²) in [7, 11) is 0. The normalized spacial score (nSPS) is 16.1. The van der Waals surface area contributed by atoms with Gasteiger partial charge in [-0.15, -0.1) is 0 Å². The SMILES string of the molecule is CCCC(C)(C)CNC(=O)OOC(=O)NC1CCCCC1. The minimum absolute atomic E-state index is 0.00186. The summed E-state index contributed by atoms with van der Waals surface area (Å²) in [6, 6.07) is 0.126. The summed E-state index contributed by atoms with van der Waals surface area (Å²) in [5.41, 5.74) is -0.00186. The first-order valence-electron chi connectivity index (χ1n) is 7.86. The topological polar surface area (TPSA) is 76.7 Å². The van der Waals surface area contributed by atoms with Crippen LogP contribution in [0.25, 0.3) is 0 Å². The van der Waals surface area contributed by atoms with Crippen LogP contribution in [0.4, 0.5) is 9.59 Å². The lowest BCUT2D eigenvalue weighted by Crippen LogP contribution is -2.39. The average Bonchev–Trinajstić information content (AvgIpc) is 2.44. The van der Waals surface area contributed by atoms with Crippen LogP contribution in [0.2, 0.25) is 0 Å². The van der Waals surface area contributed by atoms with Gasteiger partial charge in [-0.25, -0.2) is 19.4 Å². The Hall–Kier alpha value is -1.46. The van der Waals surface area contributed by atoms with Gasteiger partial charge in [0.05, 0.1) is 0 Å². The molecule has 0 spiro atoms. The van der Waals surface area contributed by atoms with Gasteiger partial charge in [0.2, 0.25) is 0 Å². The Balaban J connectivity index is 2.15. The van der Waals surface area contributed by atoms with Gasteiger partial charge < -0.3 is 10.6 Å². The van der Waals surface area contributed by atoms with Crippen LogP contribution < -0.4 is 10.6 Å². The minimum Gasteiger partial charge on any atom is -0.318 e. The Morgan fingerprint density at radius 2 is 1.71 bits per heavy atom. The molecule has 21 heavy (non-hydrogen) atoms. The van der Waals surface area contributed by atoms with E-state index in [1.165, 1.54) is 6.42 Å². The first-order chi connectivity index (χ1) is 9.93.